The van der Waals surface area contributed by atoms with E-state index in [4.69, 9.17) is 4.74 Å². The fourth-order valence-corrected chi connectivity index (χ4v) is 2.60. The van der Waals surface area contributed by atoms with Gasteiger partial charge in [0.25, 0.3) is 0 Å². The summed E-state index contributed by atoms with van der Waals surface area (Å²) in [6.07, 6.45) is 3.73. The second-order valence-corrected chi connectivity index (χ2v) is 5.64. The van der Waals surface area contributed by atoms with Crippen LogP contribution in [0.3, 0.4) is 0 Å². The van der Waals surface area contributed by atoms with Crippen LogP contribution in [0.5, 0.6) is 0 Å². The third-order valence-electron chi connectivity index (χ3n) is 3.95. The molecule has 1 fully saturated rings. The maximum atomic E-state index is 12.1. The molecule has 25 heavy (non-hydrogen) atoms. The Hall–Kier alpha value is -3.22. The topological polar surface area (TPSA) is 90.6 Å². The maximum Gasteiger partial charge on any atom is 0.339 e. The molecule has 7 heteroatoms. The molecular weight excluding hydrogens is 324 g/mol. The van der Waals surface area contributed by atoms with Gasteiger partial charge in [-0.2, -0.15) is 4.73 Å². The minimum absolute atomic E-state index is 0.0790. The number of ether oxygens (including phenoxy) is 1. The van der Waals surface area contributed by atoms with Crippen molar-refractivity contribution < 1.29 is 23.9 Å². The van der Waals surface area contributed by atoms with E-state index in [9.17, 15) is 19.6 Å². The second kappa shape index (κ2) is 7.12. The normalized spacial score (nSPS) is 13.8. The average molecular weight is 340 g/mol. The van der Waals surface area contributed by atoms with E-state index < -0.39 is 12.6 Å². The summed E-state index contributed by atoms with van der Waals surface area (Å²) in [6, 6.07) is 9.29. The molecule has 1 amide bonds. The first-order valence-electron chi connectivity index (χ1n) is 7.84. The van der Waals surface area contributed by atoms with Gasteiger partial charge in [-0.1, -0.05) is 0 Å². The molecule has 0 saturated carbocycles. The number of pyridine rings is 1. The summed E-state index contributed by atoms with van der Waals surface area (Å²) in [7, 11) is 0. The molecule has 0 spiro atoms. The van der Waals surface area contributed by atoms with Gasteiger partial charge in [-0.15, -0.1) is 0 Å². The molecule has 0 unspecified atom stereocenters. The quantitative estimate of drug-likeness (QED) is 0.356. The largest absolute Gasteiger partial charge is 0.619 e. The van der Waals surface area contributed by atoms with Gasteiger partial charge in [0.15, 0.2) is 24.8 Å². The van der Waals surface area contributed by atoms with Gasteiger partial charge in [0.05, 0.1) is 5.56 Å². The van der Waals surface area contributed by atoms with Crippen LogP contribution in [-0.2, 0) is 9.53 Å². The van der Waals surface area contributed by atoms with Crippen LogP contribution in [0.15, 0.2) is 48.8 Å². The van der Waals surface area contributed by atoms with Gasteiger partial charge in [-0.3, -0.25) is 9.59 Å². The highest BCUT2D eigenvalue weighted by Gasteiger charge is 2.21. The average Bonchev–Trinajstić information content (AvgIpc) is 3.06. The molecule has 1 aliphatic rings. The Kier molecular flexibility index (Phi) is 4.74. The van der Waals surface area contributed by atoms with Crippen molar-refractivity contribution in [2.75, 3.05) is 18.1 Å². The highest BCUT2D eigenvalue weighted by molar-refractivity contribution is 6.00. The van der Waals surface area contributed by atoms with E-state index in [1.807, 2.05) is 0 Å². The molecule has 0 aliphatic carbocycles. The Bertz CT molecular complexity index is 799. The summed E-state index contributed by atoms with van der Waals surface area (Å²) < 4.78 is 5.52. The summed E-state index contributed by atoms with van der Waals surface area (Å²) in [5, 5.41) is 10.9. The lowest BCUT2D eigenvalue weighted by Gasteiger charge is -2.15. The van der Waals surface area contributed by atoms with Crippen LogP contribution in [0, 0.1) is 5.21 Å². The molecule has 1 aromatic carbocycles. The Morgan fingerprint density at radius 3 is 2.36 bits per heavy atom. The Labute approximate surface area is 144 Å². The number of aromatic nitrogens is 1. The zero-order valence-corrected chi connectivity index (χ0v) is 13.4. The SMILES string of the molecule is O=C(COC(=O)c1cc[n+]([O-])cc1)c1ccc(N2CCCC2=O)cc1. The summed E-state index contributed by atoms with van der Waals surface area (Å²) >= 11 is 0. The van der Waals surface area contributed by atoms with E-state index in [2.05, 4.69) is 0 Å². The number of rotatable bonds is 5. The first kappa shape index (κ1) is 16.6. The fourth-order valence-electron chi connectivity index (χ4n) is 2.60. The fraction of sp³-hybridized carbons (Fsp3) is 0.222. The molecular formula is C18H16N2O5. The van der Waals surface area contributed by atoms with Gasteiger partial charge in [0.1, 0.15) is 0 Å². The molecule has 3 rings (SSSR count). The number of Topliss-reactive ketones (excluding diaryl/α,β-unsaturated/α-hetero) is 1. The molecule has 0 N–H and O–H groups in total. The van der Waals surface area contributed by atoms with Gasteiger partial charge in [-0.05, 0) is 30.7 Å². The molecule has 128 valence electrons. The van der Waals surface area contributed by atoms with Gasteiger partial charge in [-0.25, -0.2) is 4.79 Å². The van der Waals surface area contributed by atoms with Crippen LogP contribution in [0.4, 0.5) is 5.69 Å². The predicted molar refractivity (Wildman–Crippen MR) is 88.0 cm³/mol. The summed E-state index contributed by atoms with van der Waals surface area (Å²) in [5.74, 6) is -0.939. The number of esters is 1. The monoisotopic (exact) mass is 340 g/mol. The number of anilines is 1. The van der Waals surface area contributed by atoms with Crippen LogP contribution in [0.1, 0.15) is 33.6 Å². The number of carbonyl (C=O) groups excluding carboxylic acids is 3. The first-order valence-corrected chi connectivity index (χ1v) is 7.84. The zero-order chi connectivity index (χ0) is 17.8. The van der Waals surface area contributed by atoms with Crippen LogP contribution in [0.25, 0.3) is 0 Å². The van der Waals surface area contributed by atoms with E-state index >= 15 is 0 Å². The molecule has 7 nitrogen and oxygen atoms in total. The number of amides is 1. The minimum Gasteiger partial charge on any atom is -0.619 e. The van der Waals surface area contributed by atoms with Crippen molar-refractivity contribution in [3.8, 4) is 0 Å². The van der Waals surface area contributed by atoms with Crippen LogP contribution >= 0.6 is 0 Å². The van der Waals surface area contributed by atoms with Crippen LogP contribution in [-0.4, -0.2) is 30.8 Å². The molecule has 2 aromatic rings. The zero-order valence-electron chi connectivity index (χ0n) is 13.4. The van der Waals surface area contributed by atoms with Gasteiger partial charge < -0.3 is 14.8 Å². The van der Waals surface area contributed by atoms with Crippen LogP contribution < -0.4 is 9.63 Å². The molecule has 2 heterocycles. The van der Waals surface area contributed by atoms with E-state index in [0.717, 1.165) is 12.1 Å². The number of benzene rings is 1. The first-order chi connectivity index (χ1) is 12.0. The van der Waals surface area contributed by atoms with E-state index in [-0.39, 0.29) is 17.3 Å². The lowest BCUT2D eigenvalue weighted by Crippen LogP contribution is -2.25. The van der Waals surface area contributed by atoms with E-state index in [0.29, 0.717) is 23.3 Å². The van der Waals surface area contributed by atoms with Gasteiger partial charge in [0.2, 0.25) is 5.91 Å². The lowest BCUT2D eigenvalue weighted by molar-refractivity contribution is -0.605. The Morgan fingerprint density at radius 1 is 1.08 bits per heavy atom. The van der Waals surface area contributed by atoms with Crippen molar-refractivity contribution in [3.63, 3.8) is 0 Å². The maximum absolute atomic E-state index is 12.1. The Balaban J connectivity index is 1.58. The standard InChI is InChI=1S/C18H16N2O5/c21-16(12-25-18(23)14-7-10-19(24)11-8-14)13-3-5-15(6-4-13)20-9-1-2-17(20)22/h3-8,10-11H,1-2,9,12H2. The molecule has 1 saturated heterocycles. The summed E-state index contributed by atoms with van der Waals surface area (Å²) in [4.78, 5) is 37.3. The van der Waals surface area contributed by atoms with Gasteiger partial charge >= 0.3 is 5.97 Å². The predicted octanol–water partition coefficient (Wildman–Crippen LogP) is 1.49. The highest BCUT2D eigenvalue weighted by atomic mass is 16.5. The summed E-state index contributed by atoms with van der Waals surface area (Å²) in [5.41, 5.74) is 1.35. The van der Waals surface area contributed by atoms with Crippen LogP contribution in [0.2, 0.25) is 0 Å². The van der Waals surface area contributed by atoms with Crippen molar-refractivity contribution in [2.24, 2.45) is 0 Å². The lowest BCUT2D eigenvalue weighted by atomic mass is 10.1. The van der Waals surface area contributed by atoms with Crippen molar-refractivity contribution in [1.29, 1.82) is 0 Å². The molecule has 1 aromatic heterocycles. The summed E-state index contributed by atoms with van der Waals surface area (Å²) in [6.45, 7) is 0.289. The second-order valence-electron chi connectivity index (χ2n) is 5.64. The number of carbonyl (C=O) groups is 3. The third kappa shape index (κ3) is 3.82. The smallest absolute Gasteiger partial charge is 0.339 e. The van der Waals surface area contributed by atoms with E-state index in [1.165, 1.54) is 24.5 Å². The van der Waals surface area contributed by atoms with Crippen molar-refractivity contribution in [1.82, 2.24) is 0 Å². The number of ketones is 1. The van der Waals surface area contributed by atoms with Crippen molar-refractivity contribution in [3.05, 3.63) is 65.1 Å². The molecule has 0 radical (unpaired) electrons. The van der Waals surface area contributed by atoms with Crippen molar-refractivity contribution in [2.45, 2.75) is 12.8 Å². The van der Waals surface area contributed by atoms with Crippen molar-refractivity contribution >= 4 is 23.3 Å². The van der Waals surface area contributed by atoms with Gasteiger partial charge in [0, 0.05) is 36.3 Å². The number of hydrogen-bond donors (Lipinski definition) is 0. The molecule has 0 bridgehead atoms. The van der Waals surface area contributed by atoms with E-state index in [1.54, 1.807) is 29.2 Å². The molecule has 0 atom stereocenters. The minimum atomic E-state index is -0.673. The highest BCUT2D eigenvalue weighted by Crippen LogP contribution is 2.21. The number of hydrogen-bond acceptors (Lipinski definition) is 5. The Morgan fingerprint density at radius 2 is 1.76 bits per heavy atom. The molecule has 1 aliphatic heterocycles. The number of nitrogens with zero attached hydrogens (tertiary/aromatic N) is 2. The third-order valence-corrected chi connectivity index (χ3v) is 3.95.